The second-order valence-corrected chi connectivity index (χ2v) is 6.78. The van der Waals surface area contributed by atoms with Gasteiger partial charge in [0.2, 0.25) is 6.79 Å². The van der Waals surface area contributed by atoms with Gasteiger partial charge in [0.15, 0.2) is 11.5 Å². The highest BCUT2D eigenvalue weighted by atomic mass is 16.7. The molecular weight excluding hydrogens is 372 g/mol. The zero-order chi connectivity index (χ0) is 20.4. The maximum atomic E-state index is 13.4. The molecule has 0 bridgehead atoms. The van der Waals surface area contributed by atoms with Gasteiger partial charge in [-0.3, -0.25) is 9.59 Å². The molecule has 1 aliphatic rings. The predicted octanol–water partition coefficient (Wildman–Crippen LogP) is 3.27. The highest BCUT2D eigenvalue weighted by Crippen LogP contribution is 2.33. The molecule has 1 aliphatic heterocycles. The van der Waals surface area contributed by atoms with Crippen molar-refractivity contribution in [3.63, 3.8) is 0 Å². The Morgan fingerprint density at radius 1 is 1.14 bits per heavy atom. The normalized spacial score (nSPS) is 12.2. The lowest BCUT2D eigenvalue weighted by atomic mass is 10.1. The van der Waals surface area contributed by atoms with Gasteiger partial charge >= 0.3 is 5.97 Å². The third-order valence-corrected chi connectivity index (χ3v) is 5.06. The fourth-order valence-electron chi connectivity index (χ4n) is 3.53. The van der Waals surface area contributed by atoms with E-state index in [1.54, 1.807) is 4.90 Å². The van der Waals surface area contributed by atoms with Crippen molar-refractivity contribution in [1.82, 2.24) is 9.88 Å². The van der Waals surface area contributed by atoms with Gasteiger partial charge in [0.05, 0.1) is 13.5 Å². The number of esters is 1. The van der Waals surface area contributed by atoms with E-state index >= 15 is 0 Å². The summed E-state index contributed by atoms with van der Waals surface area (Å²) in [5.74, 6) is 0.838. The van der Waals surface area contributed by atoms with E-state index in [1.807, 2.05) is 49.4 Å². The molecule has 29 heavy (non-hydrogen) atoms. The summed E-state index contributed by atoms with van der Waals surface area (Å²) in [7, 11) is 1.34. The molecule has 3 aromatic rings. The van der Waals surface area contributed by atoms with Gasteiger partial charge in [0.1, 0.15) is 5.69 Å². The first-order valence-corrected chi connectivity index (χ1v) is 9.45. The fourth-order valence-corrected chi connectivity index (χ4v) is 3.53. The van der Waals surface area contributed by atoms with Crippen LogP contribution in [0.3, 0.4) is 0 Å². The molecule has 7 nitrogen and oxygen atoms in total. The van der Waals surface area contributed by atoms with Crippen LogP contribution < -0.4 is 9.47 Å². The van der Waals surface area contributed by atoms with Crippen LogP contribution >= 0.6 is 0 Å². The molecule has 0 saturated carbocycles. The minimum Gasteiger partial charge on any atom is -0.469 e. The lowest BCUT2D eigenvalue weighted by molar-refractivity contribution is -0.139. The minimum absolute atomic E-state index is 0.0309. The van der Waals surface area contributed by atoms with Crippen molar-refractivity contribution in [2.45, 2.75) is 19.9 Å². The number of methoxy groups -OCH3 is 1. The number of rotatable bonds is 6. The highest BCUT2D eigenvalue weighted by molar-refractivity contribution is 6.02. The summed E-state index contributed by atoms with van der Waals surface area (Å²) in [4.78, 5) is 30.2. The first-order chi connectivity index (χ1) is 14.1. The van der Waals surface area contributed by atoms with Gasteiger partial charge < -0.3 is 24.1 Å². The zero-order valence-corrected chi connectivity index (χ0v) is 16.4. The van der Waals surface area contributed by atoms with E-state index in [1.165, 1.54) is 7.11 Å². The van der Waals surface area contributed by atoms with E-state index < -0.39 is 0 Å². The first kappa shape index (κ1) is 18.9. The van der Waals surface area contributed by atoms with Crippen molar-refractivity contribution < 1.29 is 23.8 Å². The van der Waals surface area contributed by atoms with Crippen LogP contribution in [0.5, 0.6) is 11.5 Å². The maximum Gasteiger partial charge on any atom is 0.310 e. The number of aromatic nitrogens is 1. The first-order valence-electron chi connectivity index (χ1n) is 9.45. The molecule has 4 rings (SSSR count). The molecule has 0 radical (unpaired) electrons. The molecule has 2 aromatic carbocycles. The lowest BCUT2D eigenvalue weighted by Crippen LogP contribution is -2.31. The number of carbonyl (C=O) groups excluding carboxylic acids is 2. The minimum atomic E-state index is -0.386. The molecule has 1 N–H and O–H groups in total. The molecule has 1 aromatic heterocycles. The Kier molecular flexibility index (Phi) is 5.12. The number of fused-ring (bicyclic) bond motifs is 2. The molecule has 1 amide bonds. The molecule has 0 spiro atoms. The average molecular weight is 394 g/mol. The third kappa shape index (κ3) is 3.63. The van der Waals surface area contributed by atoms with Crippen LogP contribution in [-0.4, -0.2) is 42.2 Å². The number of para-hydroxylation sites is 1. The van der Waals surface area contributed by atoms with Gasteiger partial charge in [-0.25, -0.2) is 0 Å². The van der Waals surface area contributed by atoms with Crippen LogP contribution in [0.15, 0.2) is 42.5 Å². The molecule has 0 unspecified atom stereocenters. The Bertz CT molecular complexity index is 1070. The van der Waals surface area contributed by atoms with Gasteiger partial charge in [-0.2, -0.15) is 0 Å². The van der Waals surface area contributed by atoms with E-state index in [0.717, 1.165) is 16.5 Å². The van der Waals surface area contributed by atoms with E-state index in [2.05, 4.69) is 4.98 Å². The van der Waals surface area contributed by atoms with Crippen LogP contribution in [0, 0.1) is 0 Å². The number of amides is 1. The Morgan fingerprint density at radius 3 is 2.72 bits per heavy atom. The number of carbonyl (C=O) groups is 2. The molecule has 0 atom stereocenters. The smallest absolute Gasteiger partial charge is 0.310 e. The summed E-state index contributed by atoms with van der Waals surface area (Å²) in [5.41, 5.74) is 2.82. The van der Waals surface area contributed by atoms with Gasteiger partial charge in [0.25, 0.3) is 5.91 Å². The number of H-pyrrole nitrogens is 1. The lowest BCUT2D eigenvalue weighted by Gasteiger charge is -2.21. The van der Waals surface area contributed by atoms with Crippen molar-refractivity contribution in [1.29, 1.82) is 0 Å². The monoisotopic (exact) mass is 394 g/mol. The highest BCUT2D eigenvalue weighted by Gasteiger charge is 2.24. The quantitative estimate of drug-likeness (QED) is 0.649. The molecule has 0 aliphatic carbocycles. The standard InChI is InChI=1S/C22H22N2O5/c1-3-24(12-14-8-9-18-19(10-14)29-13-28-18)22(26)21-16(11-20(25)27-2)15-6-4-5-7-17(15)23-21/h4-10,23H,3,11-13H2,1-2H3. The number of hydrogen-bond acceptors (Lipinski definition) is 5. The Hall–Kier alpha value is -3.48. The molecular formula is C22H22N2O5. The fraction of sp³-hybridized carbons (Fsp3) is 0.273. The summed E-state index contributed by atoms with van der Waals surface area (Å²) < 4.78 is 15.6. The van der Waals surface area contributed by atoms with Crippen molar-refractivity contribution in [2.75, 3.05) is 20.4 Å². The van der Waals surface area contributed by atoms with Crippen molar-refractivity contribution in [3.05, 3.63) is 59.3 Å². The van der Waals surface area contributed by atoms with Crippen molar-refractivity contribution >= 4 is 22.8 Å². The predicted molar refractivity (Wildman–Crippen MR) is 107 cm³/mol. The summed E-state index contributed by atoms with van der Waals surface area (Å²) in [6, 6.07) is 13.2. The van der Waals surface area contributed by atoms with E-state index in [0.29, 0.717) is 35.8 Å². The SMILES string of the molecule is CCN(Cc1ccc2c(c1)OCO2)C(=O)c1[nH]c2ccccc2c1CC(=O)OC. The third-order valence-electron chi connectivity index (χ3n) is 5.06. The summed E-state index contributed by atoms with van der Waals surface area (Å²) in [6.45, 7) is 3.06. The van der Waals surface area contributed by atoms with Crippen LogP contribution in [-0.2, 0) is 22.5 Å². The van der Waals surface area contributed by atoms with Crippen LogP contribution in [0.25, 0.3) is 10.9 Å². The van der Waals surface area contributed by atoms with Crippen LogP contribution in [0.4, 0.5) is 0 Å². The van der Waals surface area contributed by atoms with Gasteiger partial charge in [0, 0.05) is 29.6 Å². The number of nitrogens with zero attached hydrogens (tertiary/aromatic N) is 1. The molecule has 0 fully saturated rings. The Morgan fingerprint density at radius 2 is 1.93 bits per heavy atom. The van der Waals surface area contributed by atoms with Crippen molar-refractivity contribution in [3.8, 4) is 11.5 Å². The number of nitrogens with one attached hydrogen (secondary N) is 1. The number of aromatic amines is 1. The number of hydrogen-bond donors (Lipinski definition) is 1. The number of benzene rings is 2. The molecule has 0 saturated heterocycles. The molecule has 7 heteroatoms. The summed E-state index contributed by atoms with van der Waals surface area (Å²) in [6.07, 6.45) is 0.0309. The van der Waals surface area contributed by atoms with Gasteiger partial charge in [-0.15, -0.1) is 0 Å². The molecule has 2 heterocycles. The van der Waals surface area contributed by atoms with Crippen molar-refractivity contribution in [2.24, 2.45) is 0 Å². The topological polar surface area (TPSA) is 80.9 Å². The van der Waals surface area contributed by atoms with E-state index in [9.17, 15) is 9.59 Å². The van der Waals surface area contributed by atoms with E-state index in [4.69, 9.17) is 14.2 Å². The number of ether oxygens (including phenoxy) is 3. The second-order valence-electron chi connectivity index (χ2n) is 6.78. The van der Waals surface area contributed by atoms with E-state index in [-0.39, 0.29) is 25.1 Å². The van der Waals surface area contributed by atoms with Gasteiger partial charge in [-0.1, -0.05) is 24.3 Å². The van der Waals surface area contributed by atoms with Gasteiger partial charge in [-0.05, 0) is 30.7 Å². The zero-order valence-electron chi connectivity index (χ0n) is 16.4. The average Bonchev–Trinajstić information content (AvgIpc) is 3.35. The Labute approximate surface area is 168 Å². The summed E-state index contributed by atoms with van der Waals surface area (Å²) >= 11 is 0. The second kappa shape index (κ2) is 7.87. The molecule has 150 valence electrons. The largest absolute Gasteiger partial charge is 0.469 e. The van der Waals surface area contributed by atoms with Crippen LogP contribution in [0.2, 0.25) is 0 Å². The Balaban J connectivity index is 1.65. The van der Waals surface area contributed by atoms with Crippen LogP contribution in [0.1, 0.15) is 28.5 Å². The summed E-state index contributed by atoms with van der Waals surface area (Å²) in [5, 5.41) is 0.848. The maximum absolute atomic E-state index is 13.4.